The molecular weight excluding hydrogens is 298 g/mol. The quantitative estimate of drug-likeness (QED) is 0.896. The SMILES string of the molecule is Cc1cccc(C)c1NC(=O)CC1SC(=NC2CC2)NC1=O. The Morgan fingerprint density at radius 3 is 2.68 bits per heavy atom. The predicted octanol–water partition coefficient (Wildman–Crippen LogP) is 2.38. The third kappa shape index (κ3) is 3.50. The van der Waals surface area contributed by atoms with Gasteiger partial charge in [-0.3, -0.25) is 14.6 Å². The number of hydrogen-bond donors (Lipinski definition) is 2. The number of amides is 2. The molecule has 0 radical (unpaired) electrons. The summed E-state index contributed by atoms with van der Waals surface area (Å²) in [6, 6.07) is 6.24. The fraction of sp³-hybridized carbons (Fsp3) is 0.438. The number of amidine groups is 1. The summed E-state index contributed by atoms with van der Waals surface area (Å²) >= 11 is 1.36. The molecule has 1 aromatic carbocycles. The number of aryl methyl sites for hydroxylation is 2. The molecule has 1 unspecified atom stereocenters. The number of anilines is 1. The summed E-state index contributed by atoms with van der Waals surface area (Å²) in [4.78, 5) is 28.6. The van der Waals surface area contributed by atoms with Gasteiger partial charge in [-0.05, 0) is 37.8 Å². The van der Waals surface area contributed by atoms with E-state index in [0.29, 0.717) is 11.2 Å². The van der Waals surface area contributed by atoms with Crippen LogP contribution in [0.5, 0.6) is 0 Å². The summed E-state index contributed by atoms with van der Waals surface area (Å²) in [6.07, 6.45) is 2.35. The average molecular weight is 317 g/mol. The number of rotatable bonds is 4. The molecule has 1 aliphatic carbocycles. The standard InChI is InChI=1S/C16H19N3O2S/c1-9-4-3-5-10(2)14(9)18-13(20)8-12-15(21)19-16(22-12)17-11-6-7-11/h3-5,11-12H,6-8H2,1-2H3,(H,18,20)(H,17,19,21). The van der Waals surface area contributed by atoms with Crippen LogP contribution >= 0.6 is 11.8 Å². The molecule has 116 valence electrons. The molecule has 5 nitrogen and oxygen atoms in total. The summed E-state index contributed by atoms with van der Waals surface area (Å²) in [6.45, 7) is 3.92. The van der Waals surface area contributed by atoms with Crippen molar-refractivity contribution in [3.05, 3.63) is 29.3 Å². The highest BCUT2D eigenvalue weighted by Crippen LogP contribution is 2.29. The van der Waals surface area contributed by atoms with Gasteiger partial charge in [0.2, 0.25) is 11.8 Å². The number of thioether (sulfide) groups is 1. The topological polar surface area (TPSA) is 70.6 Å². The molecular formula is C16H19N3O2S. The second-order valence-corrected chi connectivity index (χ2v) is 6.97. The van der Waals surface area contributed by atoms with Crippen molar-refractivity contribution in [3.8, 4) is 0 Å². The third-order valence-corrected chi connectivity index (χ3v) is 4.84. The molecule has 3 rings (SSSR count). The van der Waals surface area contributed by atoms with E-state index in [1.807, 2.05) is 32.0 Å². The molecule has 0 spiro atoms. The summed E-state index contributed by atoms with van der Waals surface area (Å²) in [5, 5.41) is 5.96. The lowest BCUT2D eigenvalue weighted by Gasteiger charge is -2.12. The summed E-state index contributed by atoms with van der Waals surface area (Å²) < 4.78 is 0. The summed E-state index contributed by atoms with van der Waals surface area (Å²) in [5.74, 6) is -0.265. The molecule has 1 saturated carbocycles. The van der Waals surface area contributed by atoms with Crippen LogP contribution in [0.4, 0.5) is 5.69 Å². The number of hydrogen-bond acceptors (Lipinski definition) is 4. The van der Waals surface area contributed by atoms with E-state index < -0.39 is 0 Å². The van der Waals surface area contributed by atoms with Crippen molar-refractivity contribution in [2.45, 2.75) is 44.4 Å². The van der Waals surface area contributed by atoms with E-state index in [1.54, 1.807) is 0 Å². The van der Waals surface area contributed by atoms with Crippen LogP contribution in [0.3, 0.4) is 0 Å². The summed E-state index contributed by atoms with van der Waals surface area (Å²) in [5.41, 5.74) is 2.88. The molecule has 22 heavy (non-hydrogen) atoms. The maximum atomic E-state index is 12.2. The van der Waals surface area contributed by atoms with Crippen molar-refractivity contribution in [1.29, 1.82) is 0 Å². The lowest BCUT2D eigenvalue weighted by Crippen LogP contribution is -2.28. The maximum absolute atomic E-state index is 12.2. The van der Waals surface area contributed by atoms with E-state index in [0.717, 1.165) is 29.7 Å². The van der Waals surface area contributed by atoms with Gasteiger partial charge in [0.1, 0.15) is 5.25 Å². The van der Waals surface area contributed by atoms with Crippen LogP contribution in [-0.4, -0.2) is 28.3 Å². The molecule has 0 aromatic heterocycles. The molecule has 2 N–H and O–H groups in total. The van der Waals surface area contributed by atoms with Gasteiger partial charge in [0.15, 0.2) is 5.17 Å². The fourth-order valence-electron chi connectivity index (χ4n) is 2.34. The zero-order chi connectivity index (χ0) is 15.7. The van der Waals surface area contributed by atoms with Gasteiger partial charge in [0.25, 0.3) is 0 Å². The number of nitrogens with zero attached hydrogens (tertiary/aromatic N) is 1. The van der Waals surface area contributed by atoms with Gasteiger partial charge >= 0.3 is 0 Å². The molecule has 1 aliphatic heterocycles. The highest BCUT2D eigenvalue weighted by atomic mass is 32.2. The number of carbonyl (C=O) groups excluding carboxylic acids is 2. The minimum atomic E-state index is -0.387. The Kier molecular flexibility index (Phi) is 4.20. The van der Waals surface area contributed by atoms with Gasteiger partial charge in [-0.1, -0.05) is 30.0 Å². The van der Waals surface area contributed by atoms with Crippen LogP contribution in [0.1, 0.15) is 30.4 Å². The van der Waals surface area contributed by atoms with E-state index in [4.69, 9.17) is 0 Å². The molecule has 1 saturated heterocycles. The summed E-state index contributed by atoms with van der Waals surface area (Å²) in [7, 11) is 0. The monoisotopic (exact) mass is 317 g/mol. The number of carbonyl (C=O) groups is 2. The van der Waals surface area contributed by atoms with Crippen molar-refractivity contribution >= 4 is 34.4 Å². The Morgan fingerprint density at radius 1 is 1.36 bits per heavy atom. The Labute approximate surface area is 134 Å². The first kappa shape index (κ1) is 15.1. The molecule has 2 amide bonds. The van der Waals surface area contributed by atoms with Crippen LogP contribution < -0.4 is 10.6 Å². The largest absolute Gasteiger partial charge is 0.326 e. The van der Waals surface area contributed by atoms with Crippen LogP contribution in [0, 0.1) is 13.8 Å². The smallest absolute Gasteiger partial charge is 0.240 e. The Bertz CT molecular complexity index is 633. The lowest BCUT2D eigenvalue weighted by molar-refractivity contribution is -0.122. The minimum Gasteiger partial charge on any atom is -0.326 e. The van der Waals surface area contributed by atoms with Gasteiger partial charge in [0, 0.05) is 12.1 Å². The molecule has 2 aliphatic rings. The number of benzene rings is 1. The van der Waals surface area contributed by atoms with Crippen molar-refractivity contribution in [2.75, 3.05) is 5.32 Å². The van der Waals surface area contributed by atoms with Crippen LogP contribution in [0.25, 0.3) is 0 Å². The van der Waals surface area contributed by atoms with Gasteiger partial charge in [0.05, 0.1) is 6.04 Å². The lowest BCUT2D eigenvalue weighted by atomic mass is 10.1. The second-order valence-electron chi connectivity index (χ2n) is 5.78. The van der Waals surface area contributed by atoms with Gasteiger partial charge < -0.3 is 10.6 Å². The Balaban J connectivity index is 1.61. The van der Waals surface area contributed by atoms with E-state index >= 15 is 0 Å². The second kappa shape index (κ2) is 6.12. The van der Waals surface area contributed by atoms with Gasteiger partial charge in [-0.25, -0.2) is 0 Å². The van der Waals surface area contributed by atoms with E-state index in [2.05, 4.69) is 15.6 Å². The van der Waals surface area contributed by atoms with Crippen molar-refractivity contribution in [1.82, 2.24) is 5.32 Å². The van der Waals surface area contributed by atoms with Crippen molar-refractivity contribution in [2.24, 2.45) is 4.99 Å². The fourth-order valence-corrected chi connectivity index (χ4v) is 3.38. The van der Waals surface area contributed by atoms with Crippen LogP contribution in [0.2, 0.25) is 0 Å². The maximum Gasteiger partial charge on any atom is 0.240 e. The van der Waals surface area contributed by atoms with E-state index in [-0.39, 0.29) is 23.5 Å². The van der Waals surface area contributed by atoms with Gasteiger partial charge in [-0.2, -0.15) is 0 Å². The van der Waals surface area contributed by atoms with Gasteiger partial charge in [-0.15, -0.1) is 0 Å². The van der Waals surface area contributed by atoms with Crippen LogP contribution in [-0.2, 0) is 9.59 Å². The highest BCUT2D eigenvalue weighted by Gasteiger charge is 2.33. The van der Waals surface area contributed by atoms with Crippen LogP contribution in [0.15, 0.2) is 23.2 Å². The molecule has 6 heteroatoms. The van der Waals surface area contributed by atoms with Crippen molar-refractivity contribution in [3.63, 3.8) is 0 Å². The molecule has 0 bridgehead atoms. The molecule has 1 atom stereocenters. The first-order chi connectivity index (χ1) is 10.5. The highest BCUT2D eigenvalue weighted by molar-refractivity contribution is 8.15. The van der Waals surface area contributed by atoms with E-state index in [9.17, 15) is 9.59 Å². The minimum absolute atomic E-state index is 0.124. The Hall–Kier alpha value is -1.82. The first-order valence-electron chi connectivity index (χ1n) is 7.44. The average Bonchev–Trinajstić information content (AvgIpc) is 3.19. The van der Waals surface area contributed by atoms with Crippen molar-refractivity contribution < 1.29 is 9.59 Å². The molecule has 1 heterocycles. The molecule has 2 fully saturated rings. The zero-order valence-electron chi connectivity index (χ0n) is 12.7. The predicted molar refractivity (Wildman–Crippen MR) is 89.1 cm³/mol. The number of para-hydroxylation sites is 1. The van der Waals surface area contributed by atoms with E-state index in [1.165, 1.54) is 11.8 Å². The number of nitrogens with one attached hydrogen (secondary N) is 2. The zero-order valence-corrected chi connectivity index (χ0v) is 13.5. The number of aliphatic imine (C=N–C) groups is 1. The normalized spacial score (nSPS) is 22.7. The first-order valence-corrected chi connectivity index (χ1v) is 8.32. The molecule has 1 aromatic rings. The third-order valence-electron chi connectivity index (χ3n) is 3.74. The Morgan fingerprint density at radius 2 is 2.05 bits per heavy atom.